The van der Waals surface area contributed by atoms with E-state index in [1.165, 1.54) is 27.8 Å². The Morgan fingerprint density at radius 3 is 2.00 bits per heavy atom. The molecule has 39 heavy (non-hydrogen) atoms. The van der Waals surface area contributed by atoms with Gasteiger partial charge in [-0.3, -0.25) is 4.79 Å². The van der Waals surface area contributed by atoms with Crippen molar-refractivity contribution in [2.24, 2.45) is 0 Å². The number of likely N-dealkylation sites (tertiary alicyclic amines) is 1. The van der Waals surface area contributed by atoms with Crippen LogP contribution in [-0.2, 0) is 0 Å². The van der Waals surface area contributed by atoms with Crippen molar-refractivity contribution in [3.63, 3.8) is 0 Å². The summed E-state index contributed by atoms with van der Waals surface area (Å²) in [5.74, 6) is 1.50. The van der Waals surface area contributed by atoms with Crippen molar-refractivity contribution in [1.82, 2.24) is 4.90 Å². The maximum atomic E-state index is 12.9. The summed E-state index contributed by atoms with van der Waals surface area (Å²) in [6.07, 6.45) is 8.00. The minimum absolute atomic E-state index is 0. The second kappa shape index (κ2) is 13.6. The third kappa shape index (κ3) is 6.63. The molecule has 204 valence electrons. The Bertz CT molecular complexity index is 1300. The lowest BCUT2D eigenvalue weighted by Crippen LogP contribution is -2.32. The second-order valence-corrected chi connectivity index (χ2v) is 9.88. The molecule has 0 radical (unpaired) electrons. The van der Waals surface area contributed by atoms with Gasteiger partial charge in [0.05, 0.1) is 13.2 Å². The third-order valence-corrected chi connectivity index (χ3v) is 7.46. The number of fused-ring (bicyclic) bond motifs is 2. The number of nitrogens with zero attached hydrogens (tertiary/aromatic N) is 1. The molecule has 0 amide bonds. The molecule has 0 atom stereocenters. The third-order valence-electron chi connectivity index (χ3n) is 7.46. The SMILES string of the molecule is CCOc1ccc(C(=O)CCCN2CCC(=C3c4ccccc4C=Cc4ccccc43)CC2)cc1OCC.Cl. The van der Waals surface area contributed by atoms with E-state index in [9.17, 15) is 4.79 Å². The Hall–Kier alpha value is -3.34. The molecule has 0 bridgehead atoms. The van der Waals surface area contributed by atoms with E-state index in [2.05, 4.69) is 65.6 Å². The smallest absolute Gasteiger partial charge is 0.163 e. The van der Waals surface area contributed by atoms with Crippen LogP contribution in [0.25, 0.3) is 17.7 Å². The van der Waals surface area contributed by atoms with Crippen molar-refractivity contribution in [2.45, 2.75) is 39.5 Å². The number of hydrogen-bond acceptors (Lipinski definition) is 4. The highest BCUT2D eigenvalue weighted by atomic mass is 35.5. The molecule has 1 aliphatic heterocycles. The Morgan fingerprint density at radius 1 is 0.795 bits per heavy atom. The van der Waals surface area contributed by atoms with E-state index in [-0.39, 0.29) is 18.2 Å². The van der Waals surface area contributed by atoms with Crippen molar-refractivity contribution >= 4 is 35.9 Å². The van der Waals surface area contributed by atoms with E-state index >= 15 is 0 Å². The molecule has 0 unspecified atom stereocenters. The minimum atomic E-state index is 0. The normalized spacial score (nSPS) is 14.6. The van der Waals surface area contributed by atoms with Gasteiger partial charge in [-0.25, -0.2) is 0 Å². The molecule has 1 aliphatic carbocycles. The lowest BCUT2D eigenvalue weighted by molar-refractivity contribution is 0.0973. The van der Waals surface area contributed by atoms with Crippen LogP contribution in [0.2, 0.25) is 0 Å². The topological polar surface area (TPSA) is 38.8 Å². The zero-order chi connectivity index (χ0) is 26.3. The van der Waals surface area contributed by atoms with Crippen molar-refractivity contribution in [2.75, 3.05) is 32.8 Å². The number of carbonyl (C=O) groups excluding carboxylic acids is 1. The molecular weight excluding hydrogens is 506 g/mol. The number of Topliss-reactive ketones (excluding diaryl/α,β-unsaturated/α-hetero) is 1. The summed E-state index contributed by atoms with van der Waals surface area (Å²) in [5, 5.41) is 0. The van der Waals surface area contributed by atoms with Gasteiger partial charge in [-0.2, -0.15) is 0 Å². The standard InChI is InChI=1S/C34H37NO3.ClH/c1-3-37-32-18-17-28(24-33(32)38-4-2)31(36)14-9-21-35-22-19-27(20-23-35)34-29-12-7-5-10-25(29)15-16-26-11-6-8-13-30(26)34;/h5-8,10-13,15-18,24H,3-4,9,14,19-23H2,1-2H3;1H. The van der Waals surface area contributed by atoms with Gasteiger partial charge in [0, 0.05) is 25.1 Å². The van der Waals surface area contributed by atoms with Crippen LogP contribution in [0.3, 0.4) is 0 Å². The molecule has 0 saturated carbocycles. The summed E-state index contributed by atoms with van der Waals surface area (Å²) in [7, 11) is 0. The molecule has 1 saturated heterocycles. The number of piperidine rings is 1. The first kappa shape index (κ1) is 28.7. The Balaban J connectivity index is 0.00000353. The molecule has 3 aromatic rings. The fraction of sp³-hybridized carbons (Fsp3) is 0.324. The number of rotatable bonds is 9. The number of ketones is 1. The summed E-state index contributed by atoms with van der Waals surface area (Å²) >= 11 is 0. The summed E-state index contributed by atoms with van der Waals surface area (Å²) in [5.41, 5.74) is 8.90. The molecular formula is C34H38ClNO3. The van der Waals surface area contributed by atoms with E-state index < -0.39 is 0 Å². The van der Waals surface area contributed by atoms with Gasteiger partial charge in [-0.05, 0) is 85.7 Å². The zero-order valence-corrected chi connectivity index (χ0v) is 23.8. The first-order valence-electron chi connectivity index (χ1n) is 13.9. The lowest BCUT2D eigenvalue weighted by atomic mass is 9.86. The first-order chi connectivity index (χ1) is 18.7. The van der Waals surface area contributed by atoms with E-state index in [1.807, 2.05) is 32.0 Å². The molecule has 4 nitrogen and oxygen atoms in total. The Kier molecular flexibility index (Phi) is 10.0. The Morgan fingerprint density at radius 2 is 1.38 bits per heavy atom. The van der Waals surface area contributed by atoms with Crippen LogP contribution in [0.15, 0.2) is 72.3 Å². The fourth-order valence-corrected chi connectivity index (χ4v) is 5.57. The van der Waals surface area contributed by atoms with Crippen molar-refractivity contribution in [1.29, 1.82) is 0 Å². The highest BCUT2D eigenvalue weighted by Crippen LogP contribution is 2.38. The van der Waals surface area contributed by atoms with E-state index in [0.717, 1.165) is 38.9 Å². The minimum Gasteiger partial charge on any atom is -0.490 e. The van der Waals surface area contributed by atoms with Crippen LogP contribution in [-0.4, -0.2) is 43.5 Å². The maximum Gasteiger partial charge on any atom is 0.163 e. The predicted molar refractivity (Wildman–Crippen MR) is 163 cm³/mol. The van der Waals surface area contributed by atoms with Gasteiger partial charge in [0.15, 0.2) is 17.3 Å². The summed E-state index contributed by atoms with van der Waals surface area (Å²) < 4.78 is 11.3. The van der Waals surface area contributed by atoms with Gasteiger partial charge in [-0.15, -0.1) is 12.4 Å². The van der Waals surface area contributed by atoms with Gasteiger partial charge < -0.3 is 14.4 Å². The molecule has 2 aliphatic rings. The van der Waals surface area contributed by atoms with Gasteiger partial charge in [-0.1, -0.05) is 66.3 Å². The van der Waals surface area contributed by atoms with Gasteiger partial charge in [0.25, 0.3) is 0 Å². The van der Waals surface area contributed by atoms with Gasteiger partial charge in [0.2, 0.25) is 0 Å². The van der Waals surface area contributed by atoms with E-state index in [1.54, 1.807) is 5.57 Å². The van der Waals surface area contributed by atoms with Crippen LogP contribution in [0.5, 0.6) is 11.5 Å². The van der Waals surface area contributed by atoms with Crippen LogP contribution < -0.4 is 9.47 Å². The average molecular weight is 544 g/mol. The molecule has 0 spiro atoms. The van der Waals surface area contributed by atoms with E-state index in [4.69, 9.17) is 9.47 Å². The van der Waals surface area contributed by atoms with Gasteiger partial charge in [0.1, 0.15) is 0 Å². The predicted octanol–water partition coefficient (Wildman–Crippen LogP) is 7.95. The molecule has 5 heteroatoms. The maximum absolute atomic E-state index is 12.9. The lowest BCUT2D eigenvalue weighted by Gasteiger charge is -2.30. The van der Waals surface area contributed by atoms with E-state index in [0.29, 0.717) is 36.7 Å². The molecule has 0 N–H and O–H groups in total. The molecule has 1 fully saturated rings. The molecule has 3 aromatic carbocycles. The molecule has 5 rings (SSSR count). The quantitative estimate of drug-likeness (QED) is 0.201. The number of ether oxygens (including phenoxy) is 2. The monoisotopic (exact) mass is 543 g/mol. The Labute approximate surface area is 238 Å². The summed E-state index contributed by atoms with van der Waals surface area (Å²) in [6.45, 7) is 7.99. The molecule has 1 heterocycles. The zero-order valence-electron chi connectivity index (χ0n) is 22.9. The van der Waals surface area contributed by atoms with Gasteiger partial charge >= 0.3 is 0 Å². The number of carbonyl (C=O) groups is 1. The summed E-state index contributed by atoms with van der Waals surface area (Å²) in [6, 6.07) is 23.0. The first-order valence-corrected chi connectivity index (χ1v) is 13.9. The average Bonchev–Trinajstić information content (AvgIpc) is 3.12. The largest absolute Gasteiger partial charge is 0.490 e. The number of benzene rings is 3. The van der Waals surface area contributed by atoms with Crippen molar-refractivity contribution in [3.8, 4) is 11.5 Å². The highest BCUT2D eigenvalue weighted by Gasteiger charge is 2.22. The van der Waals surface area contributed by atoms with Crippen LogP contribution >= 0.6 is 12.4 Å². The fourth-order valence-electron chi connectivity index (χ4n) is 5.57. The summed E-state index contributed by atoms with van der Waals surface area (Å²) in [4.78, 5) is 15.4. The van der Waals surface area contributed by atoms with Crippen LogP contribution in [0, 0.1) is 0 Å². The molecule has 0 aromatic heterocycles. The van der Waals surface area contributed by atoms with Crippen molar-refractivity contribution < 1.29 is 14.3 Å². The van der Waals surface area contributed by atoms with Crippen molar-refractivity contribution in [3.05, 3.63) is 100 Å². The van der Waals surface area contributed by atoms with Crippen LogP contribution in [0.4, 0.5) is 0 Å². The number of halogens is 1. The van der Waals surface area contributed by atoms with Crippen LogP contribution in [0.1, 0.15) is 72.1 Å². The highest BCUT2D eigenvalue weighted by molar-refractivity contribution is 5.97. The second-order valence-electron chi connectivity index (χ2n) is 9.88. The number of hydrogen-bond donors (Lipinski definition) is 0.